The highest BCUT2D eigenvalue weighted by Crippen LogP contribution is 2.09. The van der Waals surface area contributed by atoms with Crippen LogP contribution < -0.4 is 10.6 Å². The first-order valence-electron chi connectivity index (χ1n) is 6.79. The van der Waals surface area contributed by atoms with Gasteiger partial charge in [0.2, 0.25) is 0 Å². The molecule has 0 spiro atoms. The third-order valence-electron chi connectivity index (χ3n) is 2.98. The number of aliphatic imine (C=N–C) groups is 1. The van der Waals surface area contributed by atoms with Gasteiger partial charge in [0.25, 0.3) is 0 Å². The van der Waals surface area contributed by atoms with Crippen LogP contribution in [0.1, 0.15) is 17.0 Å². The first-order chi connectivity index (χ1) is 10.2. The average molecular weight is 303 g/mol. The number of benzene rings is 1. The van der Waals surface area contributed by atoms with Crippen LogP contribution in [0.2, 0.25) is 5.02 Å². The predicted molar refractivity (Wildman–Crippen MR) is 87.5 cm³/mol. The molecule has 2 rings (SSSR count). The standard InChI is InChI=1S/C16H19ClN4/c1-12-4-3-5-15(21-12)11-20-16(18-2)19-10-13-6-8-14(17)9-7-13/h3-9H,10-11H2,1-2H3,(H2,18,19,20). The number of nitrogens with zero attached hydrogens (tertiary/aromatic N) is 2. The Labute approximate surface area is 130 Å². The van der Waals surface area contributed by atoms with Crippen molar-refractivity contribution in [3.8, 4) is 0 Å². The van der Waals surface area contributed by atoms with Gasteiger partial charge in [0.1, 0.15) is 0 Å². The summed E-state index contributed by atoms with van der Waals surface area (Å²) in [6.07, 6.45) is 0. The lowest BCUT2D eigenvalue weighted by atomic mass is 10.2. The van der Waals surface area contributed by atoms with Crippen LogP contribution in [0, 0.1) is 6.92 Å². The summed E-state index contributed by atoms with van der Waals surface area (Å²) in [6.45, 7) is 3.32. The number of nitrogens with one attached hydrogen (secondary N) is 2. The first kappa shape index (κ1) is 15.3. The molecule has 0 saturated carbocycles. The summed E-state index contributed by atoms with van der Waals surface area (Å²) in [5, 5.41) is 7.25. The molecule has 0 saturated heterocycles. The summed E-state index contributed by atoms with van der Waals surface area (Å²) in [5.74, 6) is 0.744. The van der Waals surface area contributed by atoms with Crippen molar-refractivity contribution >= 4 is 17.6 Å². The van der Waals surface area contributed by atoms with Crippen molar-refractivity contribution in [2.24, 2.45) is 4.99 Å². The van der Waals surface area contributed by atoms with Crippen molar-refractivity contribution in [3.63, 3.8) is 0 Å². The van der Waals surface area contributed by atoms with E-state index in [1.165, 1.54) is 0 Å². The Kier molecular flexibility index (Phi) is 5.58. The predicted octanol–water partition coefficient (Wildman–Crippen LogP) is 2.91. The van der Waals surface area contributed by atoms with Gasteiger partial charge in [-0.3, -0.25) is 9.98 Å². The molecule has 2 N–H and O–H groups in total. The summed E-state index contributed by atoms with van der Waals surface area (Å²) in [4.78, 5) is 8.65. The number of pyridine rings is 1. The van der Waals surface area contributed by atoms with E-state index < -0.39 is 0 Å². The zero-order valence-electron chi connectivity index (χ0n) is 12.2. The molecule has 21 heavy (non-hydrogen) atoms. The number of rotatable bonds is 4. The fourth-order valence-corrected chi connectivity index (χ4v) is 2.01. The van der Waals surface area contributed by atoms with Gasteiger partial charge in [0, 0.05) is 24.3 Å². The maximum Gasteiger partial charge on any atom is 0.191 e. The molecule has 0 atom stereocenters. The SMILES string of the molecule is CN=C(NCc1ccc(Cl)cc1)NCc1cccc(C)n1. The van der Waals surface area contributed by atoms with Gasteiger partial charge in [0.15, 0.2) is 5.96 Å². The van der Waals surface area contributed by atoms with Crippen LogP contribution in [0.5, 0.6) is 0 Å². The van der Waals surface area contributed by atoms with E-state index in [1.807, 2.05) is 49.4 Å². The van der Waals surface area contributed by atoms with Gasteiger partial charge < -0.3 is 10.6 Å². The second-order valence-electron chi connectivity index (χ2n) is 4.68. The largest absolute Gasteiger partial charge is 0.352 e. The molecule has 110 valence electrons. The molecule has 5 heteroatoms. The Morgan fingerprint density at radius 2 is 1.81 bits per heavy atom. The molecule has 0 aliphatic carbocycles. The Bertz CT molecular complexity index is 608. The van der Waals surface area contributed by atoms with E-state index in [2.05, 4.69) is 20.6 Å². The smallest absolute Gasteiger partial charge is 0.191 e. The van der Waals surface area contributed by atoms with Crippen LogP contribution in [0.25, 0.3) is 0 Å². The van der Waals surface area contributed by atoms with E-state index >= 15 is 0 Å². The van der Waals surface area contributed by atoms with Crippen LogP contribution >= 0.6 is 11.6 Å². The van der Waals surface area contributed by atoms with E-state index in [1.54, 1.807) is 7.05 Å². The van der Waals surface area contributed by atoms with Crippen LogP contribution in [0.4, 0.5) is 0 Å². The molecule has 1 aromatic heterocycles. The van der Waals surface area contributed by atoms with Crippen molar-refractivity contribution in [2.45, 2.75) is 20.0 Å². The Balaban J connectivity index is 1.85. The van der Waals surface area contributed by atoms with Gasteiger partial charge in [-0.15, -0.1) is 0 Å². The topological polar surface area (TPSA) is 49.3 Å². The quantitative estimate of drug-likeness (QED) is 0.674. The number of aryl methyl sites for hydroxylation is 1. The van der Waals surface area contributed by atoms with E-state index in [-0.39, 0.29) is 0 Å². The summed E-state index contributed by atoms with van der Waals surface area (Å²) in [5.41, 5.74) is 3.15. The van der Waals surface area contributed by atoms with Crippen molar-refractivity contribution < 1.29 is 0 Å². The van der Waals surface area contributed by atoms with E-state index in [4.69, 9.17) is 11.6 Å². The van der Waals surface area contributed by atoms with Crippen LogP contribution in [0.3, 0.4) is 0 Å². The Morgan fingerprint density at radius 3 is 2.48 bits per heavy atom. The van der Waals surface area contributed by atoms with Crippen LogP contribution in [-0.2, 0) is 13.1 Å². The van der Waals surface area contributed by atoms with E-state index in [0.29, 0.717) is 13.1 Å². The summed E-state index contributed by atoms with van der Waals surface area (Å²) in [7, 11) is 1.75. The normalized spacial score (nSPS) is 11.3. The molecule has 0 aliphatic rings. The molecular weight excluding hydrogens is 284 g/mol. The van der Waals surface area contributed by atoms with Crippen molar-refractivity contribution in [1.82, 2.24) is 15.6 Å². The Morgan fingerprint density at radius 1 is 1.10 bits per heavy atom. The monoisotopic (exact) mass is 302 g/mol. The zero-order chi connectivity index (χ0) is 15.1. The maximum absolute atomic E-state index is 5.87. The minimum absolute atomic E-state index is 0.641. The molecule has 0 amide bonds. The lowest BCUT2D eigenvalue weighted by molar-refractivity contribution is 0.791. The lowest BCUT2D eigenvalue weighted by Crippen LogP contribution is -2.36. The molecule has 0 aliphatic heterocycles. The molecule has 2 aromatic rings. The minimum Gasteiger partial charge on any atom is -0.352 e. The summed E-state index contributed by atoms with van der Waals surface area (Å²) >= 11 is 5.87. The van der Waals surface area contributed by atoms with Gasteiger partial charge >= 0.3 is 0 Å². The third kappa shape index (κ3) is 5.08. The molecule has 0 radical (unpaired) electrons. The van der Waals surface area contributed by atoms with Crippen molar-refractivity contribution in [3.05, 3.63) is 64.4 Å². The lowest BCUT2D eigenvalue weighted by Gasteiger charge is -2.12. The number of hydrogen-bond donors (Lipinski definition) is 2. The summed E-state index contributed by atoms with van der Waals surface area (Å²) in [6, 6.07) is 13.7. The number of halogens is 1. The average Bonchev–Trinajstić information content (AvgIpc) is 2.49. The van der Waals surface area contributed by atoms with Crippen LogP contribution in [-0.4, -0.2) is 18.0 Å². The van der Waals surface area contributed by atoms with Gasteiger partial charge in [0.05, 0.1) is 12.2 Å². The van der Waals surface area contributed by atoms with Gasteiger partial charge in [-0.25, -0.2) is 0 Å². The molecule has 1 heterocycles. The fraction of sp³-hybridized carbons (Fsp3) is 0.250. The van der Waals surface area contributed by atoms with E-state index in [0.717, 1.165) is 27.9 Å². The van der Waals surface area contributed by atoms with Gasteiger partial charge in [-0.2, -0.15) is 0 Å². The van der Waals surface area contributed by atoms with E-state index in [9.17, 15) is 0 Å². The van der Waals surface area contributed by atoms with Gasteiger partial charge in [-0.05, 0) is 36.8 Å². The number of aromatic nitrogens is 1. The molecule has 1 aromatic carbocycles. The summed E-state index contributed by atoms with van der Waals surface area (Å²) < 4.78 is 0. The second kappa shape index (κ2) is 7.64. The zero-order valence-corrected chi connectivity index (χ0v) is 13.0. The van der Waals surface area contributed by atoms with Crippen molar-refractivity contribution in [2.75, 3.05) is 7.05 Å². The maximum atomic E-state index is 5.87. The first-order valence-corrected chi connectivity index (χ1v) is 7.16. The number of hydrogen-bond acceptors (Lipinski definition) is 2. The molecule has 0 bridgehead atoms. The minimum atomic E-state index is 0.641. The Hall–Kier alpha value is -2.07. The van der Waals surface area contributed by atoms with Crippen molar-refractivity contribution in [1.29, 1.82) is 0 Å². The number of guanidine groups is 1. The van der Waals surface area contributed by atoms with Crippen LogP contribution in [0.15, 0.2) is 47.5 Å². The molecule has 0 fully saturated rings. The highest BCUT2D eigenvalue weighted by atomic mass is 35.5. The molecule has 4 nitrogen and oxygen atoms in total. The van der Waals surface area contributed by atoms with Gasteiger partial charge in [-0.1, -0.05) is 29.8 Å². The molecule has 0 unspecified atom stereocenters. The molecular formula is C16H19ClN4. The highest BCUT2D eigenvalue weighted by molar-refractivity contribution is 6.30. The second-order valence-corrected chi connectivity index (χ2v) is 5.11. The highest BCUT2D eigenvalue weighted by Gasteiger charge is 2.00. The third-order valence-corrected chi connectivity index (χ3v) is 3.23. The fourth-order valence-electron chi connectivity index (χ4n) is 1.88.